The third kappa shape index (κ3) is 8.06. The lowest BCUT2D eigenvalue weighted by Gasteiger charge is -2.31. The number of primary amides is 1. The molecule has 1 amide bonds. The SMILES string of the molecule is CCS(=O)(=O)N1CCC(c2c[nH]c3c(C(N)=O)cc(-c4cnn(CCNCCO)c4)cc23)CC1.O=C(O)C(F)(F)F. The van der Waals surface area contributed by atoms with E-state index in [9.17, 15) is 26.4 Å². The largest absolute Gasteiger partial charge is 0.490 e. The highest BCUT2D eigenvalue weighted by atomic mass is 32.2. The quantitative estimate of drug-likeness (QED) is 0.218. The van der Waals surface area contributed by atoms with E-state index in [1.807, 2.05) is 23.1 Å². The number of nitrogens with two attached hydrogens (primary N) is 1. The predicted octanol–water partition coefficient (Wildman–Crippen LogP) is 1.87. The summed E-state index contributed by atoms with van der Waals surface area (Å²) in [4.78, 5) is 24.4. The zero-order chi connectivity index (χ0) is 30.4. The number of rotatable bonds is 10. The number of aliphatic hydroxyl groups excluding tert-OH is 1. The van der Waals surface area contributed by atoms with Gasteiger partial charge in [-0.2, -0.15) is 18.3 Å². The van der Waals surface area contributed by atoms with E-state index in [4.69, 9.17) is 20.7 Å². The van der Waals surface area contributed by atoms with E-state index in [0.717, 1.165) is 34.9 Å². The van der Waals surface area contributed by atoms with E-state index < -0.39 is 28.1 Å². The van der Waals surface area contributed by atoms with Gasteiger partial charge in [0, 0.05) is 49.5 Å². The van der Waals surface area contributed by atoms with Crippen LogP contribution in [0.15, 0.2) is 30.7 Å². The lowest BCUT2D eigenvalue weighted by Crippen LogP contribution is -2.38. The molecule has 226 valence electrons. The molecule has 0 bridgehead atoms. The average molecular weight is 603 g/mol. The van der Waals surface area contributed by atoms with Gasteiger partial charge in [-0.25, -0.2) is 17.5 Å². The standard InChI is InChI=1S/C23H32N6O4S.C2HF3O2/c1-2-34(32,33)29-7-3-16(4-8-29)21-14-26-22-19(21)11-17(12-20(22)23(24)31)18-13-27-28(15-18)9-5-25-6-10-30;3-2(4,5)1(6)7/h11-16,25-26,30H,2-10H2,1H3,(H2,24,31);(H,6,7). The molecule has 3 heterocycles. The summed E-state index contributed by atoms with van der Waals surface area (Å²) in [6, 6.07) is 3.83. The summed E-state index contributed by atoms with van der Waals surface area (Å²) in [6.45, 7) is 4.61. The second kappa shape index (κ2) is 13.5. The molecule has 16 heteroatoms. The summed E-state index contributed by atoms with van der Waals surface area (Å²) in [5.74, 6) is -2.97. The highest BCUT2D eigenvalue weighted by Crippen LogP contribution is 2.37. The highest BCUT2D eigenvalue weighted by Gasteiger charge is 2.38. The molecule has 4 rings (SSSR count). The number of H-pyrrole nitrogens is 1. The van der Waals surface area contributed by atoms with Crippen LogP contribution in [0.1, 0.15) is 41.6 Å². The Kier molecular flexibility index (Phi) is 10.5. The first kappa shape index (κ1) is 32.0. The first-order valence-corrected chi connectivity index (χ1v) is 14.5. The van der Waals surface area contributed by atoms with E-state index in [1.54, 1.807) is 23.5 Å². The Morgan fingerprint density at radius 2 is 1.85 bits per heavy atom. The molecular formula is C25H33F3N6O6S. The van der Waals surface area contributed by atoms with Crippen molar-refractivity contribution in [3.63, 3.8) is 0 Å². The fraction of sp³-hybridized carbons (Fsp3) is 0.480. The number of alkyl halides is 3. The van der Waals surface area contributed by atoms with Gasteiger partial charge in [0.25, 0.3) is 5.91 Å². The molecule has 3 aromatic rings. The van der Waals surface area contributed by atoms with Crippen LogP contribution in [-0.4, -0.2) is 94.3 Å². The van der Waals surface area contributed by atoms with Crippen molar-refractivity contribution in [3.8, 4) is 11.1 Å². The number of aliphatic carboxylic acids is 1. The van der Waals surface area contributed by atoms with Gasteiger partial charge in [0.05, 0.1) is 36.2 Å². The third-order valence-electron chi connectivity index (χ3n) is 6.75. The number of fused-ring (bicyclic) bond motifs is 1. The van der Waals surface area contributed by atoms with Crippen LogP contribution in [0.2, 0.25) is 0 Å². The molecule has 1 fully saturated rings. The lowest BCUT2D eigenvalue weighted by atomic mass is 9.88. The number of nitrogens with one attached hydrogen (secondary N) is 2. The van der Waals surface area contributed by atoms with Gasteiger partial charge in [-0.15, -0.1) is 0 Å². The van der Waals surface area contributed by atoms with Crippen LogP contribution in [0, 0.1) is 0 Å². The van der Waals surface area contributed by atoms with Crippen LogP contribution in [-0.2, 0) is 21.4 Å². The Balaban J connectivity index is 0.000000587. The first-order valence-electron chi connectivity index (χ1n) is 12.9. The fourth-order valence-corrected chi connectivity index (χ4v) is 5.74. The van der Waals surface area contributed by atoms with Crippen molar-refractivity contribution >= 4 is 32.8 Å². The van der Waals surface area contributed by atoms with Crippen molar-refractivity contribution in [3.05, 3.63) is 41.9 Å². The molecule has 0 spiro atoms. The van der Waals surface area contributed by atoms with Gasteiger partial charge >= 0.3 is 12.1 Å². The Bertz CT molecular complexity index is 1460. The Morgan fingerprint density at radius 3 is 2.41 bits per heavy atom. The number of aromatic nitrogens is 3. The highest BCUT2D eigenvalue weighted by molar-refractivity contribution is 7.89. The Labute approximate surface area is 234 Å². The molecule has 0 radical (unpaired) electrons. The maximum atomic E-state index is 12.3. The van der Waals surface area contributed by atoms with E-state index in [2.05, 4.69) is 15.4 Å². The zero-order valence-corrected chi connectivity index (χ0v) is 23.1. The van der Waals surface area contributed by atoms with E-state index >= 15 is 0 Å². The van der Waals surface area contributed by atoms with Crippen LogP contribution in [0.25, 0.3) is 22.0 Å². The number of piperidine rings is 1. The molecule has 1 aliphatic heterocycles. The van der Waals surface area contributed by atoms with Crippen LogP contribution in [0.3, 0.4) is 0 Å². The molecule has 0 atom stereocenters. The molecule has 41 heavy (non-hydrogen) atoms. The van der Waals surface area contributed by atoms with Crippen molar-refractivity contribution in [2.45, 2.75) is 38.4 Å². The number of aromatic amines is 1. The van der Waals surface area contributed by atoms with E-state index in [1.165, 1.54) is 0 Å². The minimum atomic E-state index is -5.08. The summed E-state index contributed by atoms with van der Waals surface area (Å²) in [5.41, 5.74) is 9.64. The Morgan fingerprint density at radius 1 is 1.20 bits per heavy atom. The van der Waals surface area contributed by atoms with E-state index in [0.29, 0.717) is 43.8 Å². The molecule has 0 saturated carbocycles. The monoisotopic (exact) mass is 602 g/mol. The van der Waals surface area contributed by atoms with E-state index in [-0.39, 0.29) is 18.3 Å². The summed E-state index contributed by atoms with van der Waals surface area (Å²) in [6.07, 6.45) is 1.97. The van der Waals surface area contributed by atoms with Gasteiger partial charge in [-0.05, 0) is 48.9 Å². The van der Waals surface area contributed by atoms with Crippen molar-refractivity contribution in [2.75, 3.05) is 38.5 Å². The minimum Gasteiger partial charge on any atom is -0.475 e. The number of hydrogen-bond donors (Lipinski definition) is 5. The van der Waals surface area contributed by atoms with Crippen LogP contribution < -0.4 is 11.1 Å². The summed E-state index contributed by atoms with van der Waals surface area (Å²) in [7, 11) is -3.19. The number of carbonyl (C=O) groups is 2. The summed E-state index contributed by atoms with van der Waals surface area (Å²) >= 11 is 0. The van der Waals surface area contributed by atoms with Crippen LogP contribution >= 0.6 is 0 Å². The molecule has 0 unspecified atom stereocenters. The lowest BCUT2D eigenvalue weighted by molar-refractivity contribution is -0.192. The first-order chi connectivity index (χ1) is 19.3. The Hall–Kier alpha value is -3.47. The van der Waals surface area contributed by atoms with Crippen LogP contribution in [0.5, 0.6) is 0 Å². The molecule has 1 aromatic carbocycles. The fourth-order valence-electron chi connectivity index (χ4n) is 4.61. The van der Waals surface area contributed by atoms with Gasteiger partial charge in [0.1, 0.15) is 0 Å². The van der Waals surface area contributed by atoms with Gasteiger partial charge in [-0.1, -0.05) is 0 Å². The van der Waals surface area contributed by atoms with Crippen molar-refractivity contribution in [1.29, 1.82) is 0 Å². The average Bonchev–Trinajstić information content (AvgIpc) is 3.58. The molecule has 2 aromatic heterocycles. The zero-order valence-electron chi connectivity index (χ0n) is 22.3. The van der Waals surface area contributed by atoms with Gasteiger partial charge < -0.3 is 26.2 Å². The van der Waals surface area contributed by atoms with Crippen molar-refractivity contribution < 1.29 is 41.4 Å². The summed E-state index contributed by atoms with van der Waals surface area (Å²) < 4.78 is 59.6. The second-order valence-electron chi connectivity index (χ2n) is 9.40. The topological polar surface area (TPSA) is 184 Å². The number of aliphatic hydroxyl groups is 1. The van der Waals surface area contributed by atoms with Crippen molar-refractivity contribution in [2.24, 2.45) is 5.73 Å². The number of hydrogen-bond acceptors (Lipinski definition) is 7. The van der Waals surface area contributed by atoms with Gasteiger partial charge in [0.2, 0.25) is 10.0 Å². The number of amides is 1. The molecular weight excluding hydrogens is 569 g/mol. The molecule has 0 aliphatic carbocycles. The number of carboxylic acids is 1. The molecule has 12 nitrogen and oxygen atoms in total. The second-order valence-corrected chi connectivity index (χ2v) is 11.7. The number of nitrogens with zero attached hydrogens (tertiary/aromatic N) is 3. The van der Waals surface area contributed by atoms with Gasteiger partial charge in [-0.3, -0.25) is 9.48 Å². The smallest absolute Gasteiger partial charge is 0.475 e. The summed E-state index contributed by atoms with van der Waals surface area (Å²) in [5, 5.41) is 24.5. The van der Waals surface area contributed by atoms with Crippen molar-refractivity contribution in [1.82, 2.24) is 24.4 Å². The van der Waals surface area contributed by atoms with Crippen LogP contribution in [0.4, 0.5) is 13.2 Å². The normalized spacial score (nSPS) is 15.0. The maximum Gasteiger partial charge on any atom is 0.490 e. The number of carboxylic acid groups (broad SMARTS) is 1. The van der Waals surface area contributed by atoms with Gasteiger partial charge in [0.15, 0.2) is 0 Å². The number of carbonyl (C=O) groups excluding carboxylic acids is 1. The molecule has 6 N–H and O–H groups in total. The number of halogens is 3. The molecule has 1 saturated heterocycles. The maximum absolute atomic E-state index is 12.3. The number of benzene rings is 1. The number of sulfonamides is 1. The molecule has 1 aliphatic rings. The predicted molar refractivity (Wildman–Crippen MR) is 145 cm³/mol. The third-order valence-corrected chi connectivity index (χ3v) is 8.64. The minimum absolute atomic E-state index is 0.0900.